The number of amides is 1. The van der Waals surface area contributed by atoms with E-state index >= 15 is 0 Å². The second-order valence-corrected chi connectivity index (χ2v) is 2.24. The Bertz CT molecular complexity index is 136. The second-order valence-electron chi connectivity index (χ2n) is 2.24. The van der Waals surface area contributed by atoms with Gasteiger partial charge in [0, 0.05) is 26.4 Å². The van der Waals surface area contributed by atoms with Gasteiger partial charge in [-0.15, -0.1) is 0 Å². The van der Waals surface area contributed by atoms with Crippen molar-refractivity contribution in [3.8, 4) is 0 Å². The molecule has 64 valence electrons. The van der Waals surface area contributed by atoms with Crippen molar-refractivity contribution in [1.29, 1.82) is 0 Å². The first-order chi connectivity index (χ1) is 5.22. The number of aliphatic hydroxyl groups is 1. The zero-order valence-corrected chi connectivity index (χ0v) is 6.62. The van der Waals surface area contributed by atoms with Crippen LogP contribution in [0.1, 0.15) is 12.8 Å². The maximum Gasteiger partial charge on any atom is 0.222 e. The minimum atomic E-state index is -0.105. The van der Waals surface area contributed by atoms with Crippen LogP contribution in [0.3, 0.4) is 0 Å². The summed E-state index contributed by atoms with van der Waals surface area (Å²) >= 11 is 0. The van der Waals surface area contributed by atoms with Gasteiger partial charge >= 0.3 is 0 Å². The molecule has 0 aromatic carbocycles. The summed E-state index contributed by atoms with van der Waals surface area (Å²) in [6, 6.07) is 0. The highest BCUT2D eigenvalue weighted by atomic mass is 16.3. The summed E-state index contributed by atoms with van der Waals surface area (Å²) in [6.07, 6.45) is 1.21. The summed E-state index contributed by atoms with van der Waals surface area (Å²) in [4.78, 5) is 22.2. The van der Waals surface area contributed by atoms with E-state index in [1.807, 2.05) is 0 Å². The Morgan fingerprint density at radius 2 is 2.27 bits per heavy atom. The molecule has 0 heterocycles. The summed E-state index contributed by atoms with van der Waals surface area (Å²) in [6.45, 7) is 0.293. The van der Waals surface area contributed by atoms with E-state index < -0.39 is 0 Å². The number of rotatable bonds is 5. The number of carbonyl (C=O) groups is 2. The fourth-order valence-electron chi connectivity index (χ4n) is 0.648. The maximum absolute atomic E-state index is 10.9. The van der Waals surface area contributed by atoms with Crippen molar-refractivity contribution in [3.63, 3.8) is 0 Å². The molecule has 0 unspecified atom stereocenters. The van der Waals surface area contributed by atoms with Gasteiger partial charge in [-0.2, -0.15) is 0 Å². The minimum Gasteiger partial charge on any atom is -0.395 e. The molecular weight excluding hydrogens is 146 g/mol. The molecule has 0 aromatic rings. The van der Waals surface area contributed by atoms with Gasteiger partial charge in [0.1, 0.15) is 6.29 Å². The molecule has 0 atom stereocenters. The predicted molar refractivity (Wildman–Crippen MR) is 40.0 cm³/mol. The Morgan fingerprint density at radius 1 is 1.64 bits per heavy atom. The molecule has 0 aliphatic carbocycles. The lowest BCUT2D eigenvalue weighted by Gasteiger charge is -2.14. The molecule has 4 nitrogen and oxygen atoms in total. The fraction of sp³-hybridized carbons (Fsp3) is 0.714. The van der Waals surface area contributed by atoms with Crippen LogP contribution in [0.5, 0.6) is 0 Å². The molecule has 1 amide bonds. The van der Waals surface area contributed by atoms with Crippen LogP contribution in [-0.2, 0) is 9.59 Å². The largest absolute Gasteiger partial charge is 0.395 e. The summed E-state index contributed by atoms with van der Waals surface area (Å²) in [5.41, 5.74) is 0. The molecule has 0 bridgehead atoms. The number of carbonyl (C=O) groups excluding carboxylic acids is 2. The van der Waals surface area contributed by atoms with E-state index in [0.717, 1.165) is 0 Å². The lowest BCUT2D eigenvalue weighted by molar-refractivity contribution is -0.131. The third-order valence-electron chi connectivity index (χ3n) is 1.34. The van der Waals surface area contributed by atoms with Crippen LogP contribution in [0.4, 0.5) is 0 Å². The molecule has 0 saturated heterocycles. The van der Waals surface area contributed by atoms with Crippen LogP contribution in [0.2, 0.25) is 0 Å². The fourth-order valence-corrected chi connectivity index (χ4v) is 0.648. The summed E-state index contributed by atoms with van der Waals surface area (Å²) < 4.78 is 0. The third-order valence-corrected chi connectivity index (χ3v) is 1.34. The van der Waals surface area contributed by atoms with Crippen LogP contribution < -0.4 is 0 Å². The predicted octanol–water partition coefficient (Wildman–Crippen LogP) is -0.584. The summed E-state index contributed by atoms with van der Waals surface area (Å²) in [7, 11) is 1.60. The normalized spacial score (nSPS) is 9.27. The number of aldehydes is 1. The number of hydrogen-bond donors (Lipinski definition) is 1. The second kappa shape index (κ2) is 5.85. The quantitative estimate of drug-likeness (QED) is 0.546. The minimum absolute atomic E-state index is 0.0384. The Labute approximate surface area is 65.8 Å². The van der Waals surface area contributed by atoms with E-state index in [9.17, 15) is 9.59 Å². The summed E-state index contributed by atoms with van der Waals surface area (Å²) in [5, 5.41) is 8.45. The highest BCUT2D eigenvalue weighted by Gasteiger charge is 2.05. The summed E-state index contributed by atoms with van der Waals surface area (Å²) in [5.74, 6) is -0.105. The molecule has 0 aliphatic heterocycles. The first-order valence-electron chi connectivity index (χ1n) is 3.50. The van der Waals surface area contributed by atoms with Crippen LogP contribution in [-0.4, -0.2) is 42.4 Å². The standard InChI is InChI=1S/C7H13NO3/c1-8(4-6-10)7(11)3-2-5-9/h5,10H,2-4,6H2,1H3. The van der Waals surface area contributed by atoms with Gasteiger partial charge < -0.3 is 14.8 Å². The number of aliphatic hydroxyl groups excluding tert-OH is 1. The lowest BCUT2D eigenvalue weighted by atomic mass is 10.3. The smallest absolute Gasteiger partial charge is 0.222 e. The van der Waals surface area contributed by atoms with E-state index in [-0.39, 0.29) is 25.4 Å². The highest BCUT2D eigenvalue weighted by molar-refractivity contribution is 5.77. The average Bonchev–Trinajstić information content (AvgIpc) is 2.00. The molecule has 0 saturated carbocycles. The molecule has 0 rings (SSSR count). The van der Waals surface area contributed by atoms with Crippen molar-refractivity contribution in [2.45, 2.75) is 12.8 Å². The maximum atomic E-state index is 10.9. The molecule has 11 heavy (non-hydrogen) atoms. The highest BCUT2D eigenvalue weighted by Crippen LogP contribution is 1.92. The Hall–Kier alpha value is -0.900. The molecule has 0 spiro atoms. The van der Waals surface area contributed by atoms with Gasteiger partial charge in [-0.05, 0) is 0 Å². The molecule has 4 heteroatoms. The number of likely N-dealkylation sites (N-methyl/N-ethyl adjacent to an activating group) is 1. The van der Waals surface area contributed by atoms with Gasteiger partial charge in [0.05, 0.1) is 6.61 Å². The van der Waals surface area contributed by atoms with Crippen molar-refractivity contribution < 1.29 is 14.7 Å². The molecular formula is C7H13NO3. The molecule has 0 fully saturated rings. The first-order valence-corrected chi connectivity index (χ1v) is 3.50. The zero-order valence-electron chi connectivity index (χ0n) is 6.62. The number of nitrogens with zero attached hydrogens (tertiary/aromatic N) is 1. The molecule has 1 N–H and O–H groups in total. The van der Waals surface area contributed by atoms with Crippen molar-refractivity contribution in [2.75, 3.05) is 20.2 Å². The first kappa shape index (κ1) is 10.1. The Kier molecular flexibility index (Phi) is 5.37. The lowest BCUT2D eigenvalue weighted by Crippen LogP contribution is -2.29. The molecule has 0 aliphatic rings. The van der Waals surface area contributed by atoms with Gasteiger partial charge in [-0.25, -0.2) is 0 Å². The van der Waals surface area contributed by atoms with Gasteiger partial charge in [0.2, 0.25) is 5.91 Å². The monoisotopic (exact) mass is 159 g/mol. The Balaban J connectivity index is 3.54. The topological polar surface area (TPSA) is 57.6 Å². The van der Waals surface area contributed by atoms with Crippen molar-refractivity contribution in [3.05, 3.63) is 0 Å². The molecule has 0 aromatic heterocycles. The van der Waals surface area contributed by atoms with Crippen molar-refractivity contribution in [1.82, 2.24) is 4.90 Å². The van der Waals surface area contributed by atoms with Gasteiger partial charge in [-0.1, -0.05) is 0 Å². The van der Waals surface area contributed by atoms with E-state index in [1.54, 1.807) is 7.05 Å². The van der Waals surface area contributed by atoms with Crippen LogP contribution >= 0.6 is 0 Å². The van der Waals surface area contributed by atoms with E-state index in [2.05, 4.69) is 0 Å². The van der Waals surface area contributed by atoms with Crippen molar-refractivity contribution >= 4 is 12.2 Å². The van der Waals surface area contributed by atoms with E-state index in [1.165, 1.54) is 4.90 Å². The third kappa shape index (κ3) is 4.50. The van der Waals surface area contributed by atoms with Crippen LogP contribution in [0.15, 0.2) is 0 Å². The average molecular weight is 159 g/mol. The van der Waals surface area contributed by atoms with Gasteiger partial charge in [0.15, 0.2) is 0 Å². The van der Waals surface area contributed by atoms with Gasteiger partial charge in [-0.3, -0.25) is 4.79 Å². The van der Waals surface area contributed by atoms with Gasteiger partial charge in [0.25, 0.3) is 0 Å². The van der Waals surface area contributed by atoms with Crippen LogP contribution in [0, 0.1) is 0 Å². The van der Waals surface area contributed by atoms with E-state index in [0.29, 0.717) is 12.8 Å². The van der Waals surface area contributed by atoms with Crippen molar-refractivity contribution in [2.24, 2.45) is 0 Å². The zero-order chi connectivity index (χ0) is 8.69. The molecule has 0 radical (unpaired) electrons. The van der Waals surface area contributed by atoms with E-state index in [4.69, 9.17) is 5.11 Å². The van der Waals surface area contributed by atoms with Crippen LogP contribution in [0.25, 0.3) is 0 Å². The number of hydrogen-bond acceptors (Lipinski definition) is 3. The Morgan fingerprint density at radius 3 is 2.73 bits per heavy atom. The SMILES string of the molecule is CN(CCO)C(=O)CCC=O.